The first-order valence-electron chi connectivity index (χ1n) is 3.52. The molecule has 0 aromatic heterocycles. The van der Waals surface area contributed by atoms with Gasteiger partial charge in [-0.3, -0.25) is 0 Å². The zero-order valence-corrected chi connectivity index (χ0v) is 7.14. The third-order valence-electron chi connectivity index (χ3n) is 1.31. The van der Waals surface area contributed by atoms with E-state index in [1.807, 2.05) is 0 Å². The summed E-state index contributed by atoms with van der Waals surface area (Å²) in [6, 6.07) is -0.639. The summed E-state index contributed by atoms with van der Waals surface area (Å²) in [5.41, 5.74) is 0. The molecule has 1 fully saturated rings. The zero-order valence-electron chi connectivity index (χ0n) is 7.14. The van der Waals surface area contributed by atoms with E-state index in [9.17, 15) is 13.6 Å². The molecule has 12 heavy (non-hydrogen) atoms. The van der Waals surface area contributed by atoms with Crippen LogP contribution in [0.5, 0.6) is 0 Å². The second-order valence-electron chi connectivity index (χ2n) is 2.59. The van der Waals surface area contributed by atoms with Crippen molar-refractivity contribution in [3.05, 3.63) is 0 Å². The average molecular weight is 181 g/mol. The normalized spacial score (nSPS) is 25.8. The number of hydrogen-bond acceptors (Lipinski definition) is 3. The van der Waals surface area contributed by atoms with Gasteiger partial charge in [0.05, 0.1) is 12.6 Å². The minimum atomic E-state index is -2.68. The van der Waals surface area contributed by atoms with Gasteiger partial charge in [-0.05, 0) is 0 Å². The lowest BCUT2D eigenvalue weighted by atomic mass is 10.2. The number of rotatable bonds is 1. The Balaban J connectivity index is 0.000000354. The molecule has 3 nitrogen and oxygen atoms in total. The summed E-state index contributed by atoms with van der Waals surface area (Å²) in [6.07, 6.45) is 0.164. The quantitative estimate of drug-likeness (QED) is 0.597. The van der Waals surface area contributed by atoms with E-state index in [-0.39, 0.29) is 13.0 Å². The van der Waals surface area contributed by atoms with Crippen molar-refractivity contribution in [2.75, 3.05) is 20.8 Å². The maximum atomic E-state index is 12.2. The Labute approximate surface area is 70.1 Å². The van der Waals surface area contributed by atoms with E-state index < -0.39 is 12.0 Å². The SMILES string of the molecule is COC.O=CC1CC(F)(F)CN1. The molecule has 0 bridgehead atoms. The largest absolute Gasteiger partial charge is 0.388 e. The first-order valence-corrected chi connectivity index (χ1v) is 3.52. The fourth-order valence-corrected chi connectivity index (χ4v) is 0.843. The molecule has 0 radical (unpaired) electrons. The fourth-order valence-electron chi connectivity index (χ4n) is 0.843. The lowest BCUT2D eigenvalue weighted by molar-refractivity contribution is -0.109. The lowest BCUT2D eigenvalue weighted by Crippen LogP contribution is -2.23. The van der Waals surface area contributed by atoms with Gasteiger partial charge in [-0.25, -0.2) is 8.78 Å². The van der Waals surface area contributed by atoms with Gasteiger partial charge < -0.3 is 14.8 Å². The molecule has 1 rings (SSSR count). The highest BCUT2D eigenvalue weighted by Gasteiger charge is 2.38. The van der Waals surface area contributed by atoms with Gasteiger partial charge >= 0.3 is 0 Å². The van der Waals surface area contributed by atoms with Crippen LogP contribution in [0.4, 0.5) is 8.78 Å². The number of ether oxygens (including phenoxy) is 1. The first kappa shape index (κ1) is 11.4. The standard InChI is InChI=1S/C5H7F2NO.C2H6O/c6-5(7)1-4(2-9)8-3-5;1-3-2/h2,4,8H,1,3H2;1-2H3. The smallest absolute Gasteiger partial charge is 0.262 e. The number of aldehydes is 1. The maximum Gasteiger partial charge on any atom is 0.262 e. The molecule has 1 atom stereocenters. The Hall–Kier alpha value is -0.550. The first-order chi connectivity index (χ1) is 5.55. The van der Waals surface area contributed by atoms with Gasteiger partial charge in [-0.2, -0.15) is 0 Å². The van der Waals surface area contributed by atoms with Crippen LogP contribution >= 0.6 is 0 Å². The molecule has 0 spiro atoms. The summed E-state index contributed by atoms with van der Waals surface area (Å²) in [4.78, 5) is 9.90. The predicted octanol–water partition coefficient (Wildman–Crippen LogP) is 0.445. The van der Waals surface area contributed by atoms with Gasteiger partial charge in [0.1, 0.15) is 6.29 Å². The zero-order chi connectivity index (χ0) is 9.61. The molecule has 0 aromatic rings. The predicted molar refractivity (Wildman–Crippen MR) is 40.4 cm³/mol. The molecule has 1 N–H and O–H groups in total. The van der Waals surface area contributed by atoms with Crippen LogP contribution < -0.4 is 5.32 Å². The molecule has 1 aliphatic heterocycles. The highest BCUT2D eigenvalue weighted by Crippen LogP contribution is 2.23. The van der Waals surface area contributed by atoms with Crippen molar-refractivity contribution in [3.63, 3.8) is 0 Å². The molecule has 1 unspecified atom stereocenters. The van der Waals surface area contributed by atoms with E-state index in [0.717, 1.165) is 0 Å². The van der Waals surface area contributed by atoms with Crippen molar-refractivity contribution < 1.29 is 18.3 Å². The number of nitrogens with one attached hydrogen (secondary N) is 1. The maximum absolute atomic E-state index is 12.2. The van der Waals surface area contributed by atoms with Crippen LogP contribution in [-0.2, 0) is 9.53 Å². The van der Waals surface area contributed by atoms with Crippen molar-refractivity contribution in [3.8, 4) is 0 Å². The van der Waals surface area contributed by atoms with Gasteiger partial charge in [0.2, 0.25) is 0 Å². The second kappa shape index (κ2) is 5.16. The number of carbonyl (C=O) groups excluding carboxylic acids is 1. The molecular formula is C7H13F2NO2. The summed E-state index contributed by atoms with van der Waals surface area (Å²) in [5, 5.41) is 2.38. The van der Waals surface area contributed by atoms with Crippen LogP contribution in [0.2, 0.25) is 0 Å². The Bertz CT molecular complexity index is 141. The lowest BCUT2D eigenvalue weighted by Gasteiger charge is -2.02. The number of alkyl halides is 2. The van der Waals surface area contributed by atoms with E-state index >= 15 is 0 Å². The average Bonchev–Trinajstić information content (AvgIpc) is 2.32. The molecule has 0 amide bonds. The number of halogens is 2. The van der Waals surface area contributed by atoms with E-state index in [2.05, 4.69) is 10.1 Å². The summed E-state index contributed by atoms with van der Waals surface area (Å²) in [5.74, 6) is -2.68. The fraction of sp³-hybridized carbons (Fsp3) is 0.857. The molecule has 1 heterocycles. The Morgan fingerprint density at radius 2 is 2.08 bits per heavy atom. The topological polar surface area (TPSA) is 38.3 Å². The van der Waals surface area contributed by atoms with Crippen molar-refractivity contribution >= 4 is 6.29 Å². The van der Waals surface area contributed by atoms with Crippen molar-refractivity contribution in [1.82, 2.24) is 5.32 Å². The van der Waals surface area contributed by atoms with Crippen molar-refractivity contribution in [2.24, 2.45) is 0 Å². The summed E-state index contributed by atoms with van der Waals surface area (Å²) in [7, 11) is 3.25. The van der Waals surface area contributed by atoms with E-state index in [1.165, 1.54) is 0 Å². The monoisotopic (exact) mass is 181 g/mol. The van der Waals surface area contributed by atoms with Gasteiger partial charge in [0.25, 0.3) is 5.92 Å². The van der Waals surface area contributed by atoms with Gasteiger partial charge in [-0.1, -0.05) is 0 Å². The summed E-state index contributed by atoms with van der Waals surface area (Å²) < 4.78 is 28.6. The van der Waals surface area contributed by atoms with Crippen LogP contribution in [-0.4, -0.2) is 39.0 Å². The molecule has 0 aromatic carbocycles. The molecule has 5 heteroatoms. The molecule has 72 valence electrons. The highest BCUT2D eigenvalue weighted by atomic mass is 19.3. The van der Waals surface area contributed by atoms with Crippen LogP contribution in [0.1, 0.15) is 6.42 Å². The van der Waals surface area contributed by atoms with Crippen molar-refractivity contribution in [1.29, 1.82) is 0 Å². The molecule has 1 aliphatic rings. The Morgan fingerprint density at radius 3 is 2.25 bits per heavy atom. The van der Waals surface area contributed by atoms with E-state index in [1.54, 1.807) is 14.2 Å². The van der Waals surface area contributed by atoms with Crippen LogP contribution in [0.15, 0.2) is 0 Å². The van der Waals surface area contributed by atoms with Crippen LogP contribution in [0.3, 0.4) is 0 Å². The minimum absolute atomic E-state index is 0.351. The molecule has 0 aliphatic carbocycles. The van der Waals surface area contributed by atoms with Gasteiger partial charge in [0.15, 0.2) is 0 Å². The second-order valence-corrected chi connectivity index (χ2v) is 2.59. The van der Waals surface area contributed by atoms with E-state index in [0.29, 0.717) is 6.29 Å². The summed E-state index contributed by atoms with van der Waals surface area (Å²) >= 11 is 0. The number of methoxy groups -OCH3 is 1. The van der Waals surface area contributed by atoms with Crippen molar-refractivity contribution in [2.45, 2.75) is 18.4 Å². The van der Waals surface area contributed by atoms with Gasteiger partial charge in [0, 0.05) is 20.6 Å². The Kier molecular flexibility index (Phi) is 4.92. The van der Waals surface area contributed by atoms with Gasteiger partial charge in [-0.15, -0.1) is 0 Å². The third-order valence-corrected chi connectivity index (χ3v) is 1.31. The van der Waals surface area contributed by atoms with E-state index in [4.69, 9.17) is 0 Å². The third kappa shape index (κ3) is 4.35. The number of carbonyl (C=O) groups is 1. The molecular weight excluding hydrogens is 168 g/mol. The highest BCUT2D eigenvalue weighted by molar-refractivity contribution is 5.58. The summed E-state index contributed by atoms with van der Waals surface area (Å²) in [6.45, 7) is -0.365. The minimum Gasteiger partial charge on any atom is -0.388 e. The van der Waals surface area contributed by atoms with Crippen LogP contribution in [0, 0.1) is 0 Å². The molecule has 0 saturated carbocycles. The number of hydrogen-bond donors (Lipinski definition) is 1. The molecule has 1 saturated heterocycles. The van der Waals surface area contributed by atoms with Crippen LogP contribution in [0.25, 0.3) is 0 Å². The Morgan fingerprint density at radius 1 is 1.58 bits per heavy atom.